The molecule has 1 aromatic rings. The Morgan fingerprint density at radius 1 is 1.80 bits per heavy atom. The summed E-state index contributed by atoms with van der Waals surface area (Å²) < 4.78 is 1.69. The SMILES string of the molecule is C=CNC(=S)n1ccnc1. The van der Waals surface area contributed by atoms with Crippen LogP contribution in [-0.2, 0) is 0 Å². The van der Waals surface area contributed by atoms with Gasteiger partial charge in [-0.05, 0) is 18.4 Å². The van der Waals surface area contributed by atoms with Crippen molar-refractivity contribution >= 4 is 17.3 Å². The molecule has 0 aliphatic heterocycles. The number of nitrogens with zero attached hydrogens (tertiary/aromatic N) is 2. The first-order valence-electron chi connectivity index (χ1n) is 2.74. The molecule has 0 fully saturated rings. The lowest BCUT2D eigenvalue weighted by molar-refractivity contribution is 1.08. The van der Waals surface area contributed by atoms with E-state index >= 15 is 0 Å². The van der Waals surface area contributed by atoms with E-state index in [9.17, 15) is 0 Å². The predicted octanol–water partition coefficient (Wildman–Crippen LogP) is 0.749. The zero-order valence-electron chi connectivity index (χ0n) is 5.32. The molecular weight excluding hydrogens is 146 g/mol. The Bertz CT molecular complexity index is 227. The second kappa shape index (κ2) is 3.12. The van der Waals surface area contributed by atoms with Crippen molar-refractivity contribution < 1.29 is 0 Å². The summed E-state index contributed by atoms with van der Waals surface area (Å²) in [5, 5.41) is 3.34. The summed E-state index contributed by atoms with van der Waals surface area (Å²) in [7, 11) is 0. The van der Waals surface area contributed by atoms with E-state index < -0.39 is 0 Å². The van der Waals surface area contributed by atoms with Gasteiger partial charge in [0.1, 0.15) is 6.33 Å². The van der Waals surface area contributed by atoms with Crippen LogP contribution in [0.1, 0.15) is 0 Å². The zero-order chi connectivity index (χ0) is 7.40. The van der Waals surface area contributed by atoms with E-state index in [2.05, 4.69) is 16.9 Å². The lowest BCUT2D eigenvalue weighted by atomic mass is 10.8. The van der Waals surface area contributed by atoms with Gasteiger partial charge in [0.2, 0.25) is 0 Å². The van der Waals surface area contributed by atoms with Crippen molar-refractivity contribution in [1.29, 1.82) is 0 Å². The number of imidazole rings is 1. The van der Waals surface area contributed by atoms with Crippen LogP contribution in [0.25, 0.3) is 0 Å². The molecule has 4 heteroatoms. The van der Waals surface area contributed by atoms with E-state index in [1.165, 1.54) is 6.20 Å². The molecule has 3 nitrogen and oxygen atoms in total. The summed E-state index contributed by atoms with van der Waals surface area (Å²) >= 11 is 4.91. The van der Waals surface area contributed by atoms with E-state index in [1.807, 2.05) is 0 Å². The van der Waals surface area contributed by atoms with E-state index in [4.69, 9.17) is 12.2 Å². The van der Waals surface area contributed by atoms with E-state index in [1.54, 1.807) is 23.3 Å². The molecule has 10 heavy (non-hydrogen) atoms. The lowest BCUT2D eigenvalue weighted by Crippen LogP contribution is -2.21. The number of nitrogens with one attached hydrogen (secondary N) is 1. The normalized spacial score (nSPS) is 8.80. The van der Waals surface area contributed by atoms with Gasteiger partial charge in [-0.2, -0.15) is 0 Å². The van der Waals surface area contributed by atoms with Gasteiger partial charge in [0.05, 0.1) is 0 Å². The van der Waals surface area contributed by atoms with Gasteiger partial charge in [-0.25, -0.2) is 4.98 Å². The van der Waals surface area contributed by atoms with Crippen LogP contribution in [0.15, 0.2) is 31.5 Å². The number of aromatic nitrogens is 2. The molecule has 0 atom stereocenters. The highest BCUT2D eigenvalue weighted by atomic mass is 32.1. The Morgan fingerprint density at radius 2 is 2.60 bits per heavy atom. The third-order valence-electron chi connectivity index (χ3n) is 0.964. The van der Waals surface area contributed by atoms with Gasteiger partial charge in [0, 0.05) is 12.4 Å². The zero-order valence-corrected chi connectivity index (χ0v) is 6.14. The van der Waals surface area contributed by atoms with Crippen LogP contribution >= 0.6 is 12.2 Å². The average Bonchev–Trinajstić information content (AvgIpc) is 2.38. The van der Waals surface area contributed by atoms with Crippen LogP contribution in [-0.4, -0.2) is 14.7 Å². The fourth-order valence-corrected chi connectivity index (χ4v) is 0.732. The molecule has 0 bridgehead atoms. The summed E-state index contributed by atoms with van der Waals surface area (Å²) in [4.78, 5) is 3.83. The van der Waals surface area contributed by atoms with Gasteiger partial charge in [0.15, 0.2) is 5.11 Å². The first-order valence-corrected chi connectivity index (χ1v) is 3.15. The molecular formula is C6H7N3S. The van der Waals surface area contributed by atoms with Gasteiger partial charge in [0.25, 0.3) is 0 Å². The van der Waals surface area contributed by atoms with Gasteiger partial charge in [-0.15, -0.1) is 0 Å². The number of hydrogen-bond donors (Lipinski definition) is 1. The van der Waals surface area contributed by atoms with Gasteiger partial charge < -0.3 is 5.32 Å². The molecule has 0 aromatic carbocycles. The van der Waals surface area contributed by atoms with Crippen molar-refractivity contribution in [2.45, 2.75) is 0 Å². The quantitative estimate of drug-likeness (QED) is 0.604. The minimum absolute atomic E-state index is 0.576. The van der Waals surface area contributed by atoms with Crippen molar-refractivity contribution in [2.75, 3.05) is 0 Å². The molecule has 52 valence electrons. The summed E-state index contributed by atoms with van der Waals surface area (Å²) in [5.41, 5.74) is 0. The summed E-state index contributed by atoms with van der Waals surface area (Å²) in [5.74, 6) is 0. The summed E-state index contributed by atoms with van der Waals surface area (Å²) in [6.07, 6.45) is 6.58. The van der Waals surface area contributed by atoms with Crippen molar-refractivity contribution in [2.24, 2.45) is 0 Å². The van der Waals surface area contributed by atoms with Gasteiger partial charge in [-0.3, -0.25) is 4.57 Å². The van der Waals surface area contributed by atoms with Gasteiger partial charge in [-0.1, -0.05) is 6.58 Å². The molecule has 0 unspecified atom stereocenters. The van der Waals surface area contributed by atoms with Crippen LogP contribution in [0.5, 0.6) is 0 Å². The third kappa shape index (κ3) is 1.41. The van der Waals surface area contributed by atoms with Crippen LogP contribution in [0.3, 0.4) is 0 Å². The molecule has 0 spiro atoms. The molecule has 0 saturated heterocycles. The summed E-state index contributed by atoms with van der Waals surface area (Å²) in [6, 6.07) is 0. The number of rotatable bonds is 1. The molecule has 1 rings (SSSR count). The molecule has 1 N–H and O–H groups in total. The van der Waals surface area contributed by atoms with Gasteiger partial charge >= 0.3 is 0 Å². The average molecular weight is 153 g/mol. The number of thiocarbonyl (C=S) groups is 1. The molecule has 1 heterocycles. The molecule has 0 aliphatic carbocycles. The smallest absolute Gasteiger partial charge is 0.182 e. The molecule has 0 radical (unpaired) electrons. The Hall–Kier alpha value is -1.16. The minimum atomic E-state index is 0.576. The van der Waals surface area contributed by atoms with Crippen LogP contribution in [0.4, 0.5) is 0 Å². The minimum Gasteiger partial charge on any atom is -0.339 e. The first-order chi connectivity index (χ1) is 4.84. The van der Waals surface area contributed by atoms with E-state index in [-0.39, 0.29) is 0 Å². The molecule has 0 aliphatic rings. The molecule has 0 amide bonds. The highest BCUT2D eigenvalue weighted by molar-refractivity contribution is 7.80. The van der Waals surface area contributed by atoms with Crippen LogP contribution in [0.2, 0.25) is 0 Å². The second-order valence-corrected chi connectivity index (χ2v) is 2.01. The largest absolute Gasteiger partial charge is 0.339 e. The monoisotopic (exact) mass is 153 g/mol. The Morgan fingerprint density at radius 3 is 3.10 bits per heavy atom. The summed E-state index contributed by atoms with van der Waals surface area (Å²) in [6.45, 7) is 3.48. The van der Waals surface area contributed by atoms with Crippen LogP contribution < -0.4 is 5.32 Å². The fourth-order valence-electron chi connectivity index (χ4n) is 0.541. The predicted molar refractivity (Wildman–Crippen MR) is 43.6 cm³/mol. The maximum atomic E-state index is 4.91. The standard InChI is InChI=1S/C6H7N3S/c1-2-8-6(10)9-4-3-7-5-9/h2-5H,1H2,(H,8,10). The Kier molecular flexibility index (Phi) is 2.17. The third-order valence-corrected chi connectivity index (χ3v) is 1.29. The second-order valence-electron chi connectivity index (χ2n) is 1.62. The lowest BCUT2D eigenvalue weighted by Gasteiger charge is -2.00. The topological polar surface area (TPSA) is 29.9 Å². The highest BCUT2D eigenvalue weighted by Gasteiger charge is 1.92. The van der Waals surface area contributed by atoms with Crippen molar-refractivity contribution in [3.8, 4) is 0 Å². The Labute approximate surface area is 64.4 Å². The maximum absolute atomic E-state index is 4.91. The van der Waals surface area contributed by atoms with E-state index in [0.29, 0.717) is 5.11 Å². The van der Waals surface area contributed by atoms with Crippen LogP contribution in [0, 0.1) is 0 Å². The van der Waals surface area contributed by atoms with Crippen molar-refractivity contribution in [1.82, 2.24) is 14.9 Å². The molecule has 1 aromatic heterocycles. The highest BCUT2D eigenvalue weighted by Crippen LogP contribution is 1.84. The Balaban J connectivity index is 2.68. The van der Waals surface area contributed by atoms with Crippen molar-refractivity contribution in [3.05, 3.63) is 31.5 Å². The molecule has 0 saturated carbocycles. The first kappa shape index (κ1) is 6.95. The van der Waals surface area contributed by atoms with Crippen molar-refractivity contribution in [3.63, 3.8) is 0 Å². The number of hydrogen-bond acceptors (Lipinski definition) is 2. The fraction of sp³-hybridized carbons (Fsp3) is 0. The van der Waals surface area contributed by atoms with E-state index in [0.717, 1.165) is 0 Å². The maximum Gasteiger partial charge on any atom is 0.182 e.